The normalized spacial score (nSPS) is 13.0. The van der Waals surface area contributed by atoms with Gasteiger partial charge in [0.2, 0.25) is 0 Å². The minimum absolute atomic E-state index is 0.248. The van der Waals surface area contributed by atoms with E-state index in [0.29, 0.717) is 11.3 Å². The minimum Gasteiger partial charge on any atom is -0.248 e. The zero-order valence-corrected chi connectivity index (χ0v) is 17.5. The van der Waals surface area contributed by atoms with Crippen molar-refractivity contribution in [3.8, 4) is 0 Å². The Morgan fingerprint density at radius 2 is 1.22 bits per heavy atom. The highest BCUT2D eigenvalue weighted by molar-refractivity contribution is 8.02. The fourth-order valence-electron chi connectivity index (χ4n) is 2.69. The highest BCUT2D eigenvalue weighted by Crippen LogP contribution is 2.31. The number of halogens is 6. The fraction of sp³-hybridized carbons (Fsp3) is 0.125. The third-order valence-corrected chi connectivity index (χ3v) is 5.22. The number of rotatable bonds is 5. The van der Waals surface area contributed by atoms with E-state index in [9.17, 15) is 26.3 Å². The second kappa shape index (κ2) is 9.65. The van der Waals surface area contributed by atoms with E-state index < -0.39 is 23.5 Å². The molecule has 0 spiro atoms. The Hall–Kier alpha value is -3.00. The zero-order chi connectivity index (χ0) is 23.4. The van der Waals surface area contributed by atoms with Crippen molar-refractivity contribution in [3.05, 3.63) is 107 Å². The predicted molar refractivity (Wildman–Crippen MR) is 115 cm³/mol. The van der Waals surface area contributed by atoms with E-state index in [1.165, 1.54) is 36.0 Å². The molecule has 1 nitrogen and oxygen atoms in total. The van der Waals surface area contributed by atoms with Gasteiger partial charge in [-0.2, -0.15) is 26.3 Å². The largest absolute Gasteiger partial charge is 0.416 e. The Labute approximate surface area is 185 Å². The smallest absolute Gasteiger partial charge is 0.248 e. The van der Waals surface area contributed by atoms with Crippen molar-refractivity contribution in [3.63, 3.8) is 0 Å². The van der Waals surface area contributed by atoms with Crippen LogP contribution in [-0.4, -0.2) is 5.71 Å². The summed E-state index contributed by atoms with van der Waals surface area (Å²) in [7, 11) is 0. The third-order valence-electron chi connectivity index (χ3n) is 4.40. The van der Waals surface area contributed by atoms with Gasteiger partial charge in [-0.25, -0.2) is 4.99 Å². The van der Waals surface area contributed by atoms with E-state index in [2.05, 4.69) is 4.99 Å². The molecular weight excluding hydrogens is 448 g/mol. The summed E-state index contributed by atoms with van der Waals surface area (Å²) in [6.07, 6.45) is -7.33. The molecule has 0 saturated carbocycles. The molecule has 0 amide bonds. The molecule has 166 valence electrons. The lowest BCUT2D eigenvalue weighted by Crippen LogP contribution is -2.05. The third kappa shape index (κ3) is 6.50. The van der Waals surface area contributed by atoms with Gasteiger partial charge in [-0.3, -0.25) is 0 Å². The van der Waals surface area contributed by atoms with Gasteiger partial charge in [0.15, 0.2) is 0 Å². The van der Waals surface area contributed by atoms with Gasteiger partial charge in [0.1, 0.15) is 0 Å². The summed E-state index contributed by atoms with van der Waals surface area (Å²) in [6, 6.07) is 16.5. The maximum absolute atomic E-state index is 12.9. The van der Waals surface area contributed by atoms with Crippen molar-refractivity contribution < 1.29 is 26.3 Å². The number of hydrogen-bond acceptors (Lipinski definition) is 2. The van der Waals surface area contributed by atoms with E-state index >= 15 is 0 Å². The summed E-state index contributed by atoms with van der Waals surface area (Å²) in [5.41, 5.74) is 0.466. The minimum atomic E-state index is -4.47. The summed E-state index contributed by atoms with van der Waals surface area (Å²) in [5.74, 6) is 0. The number of aryl methyl sites for hydroxylation is 1. The van der Waals surface area contributed by atoms with Crippen LogP contribution in [0.1, 0.15) is 22.3 Å². The first-order valence-corrected chi connectivity index (χ1v) is 10.2. The molecule has 0 N–H and O–H groups in total. The average molecular weight is 465 g/mol. The predicted octanol–water partition coefficient (Wildman–Crippen LogP) is 8.46. The highest BCUT2D eigenvalue weighted by atomic mass is 32.2. The van der Waals surface area contributed by atoms with Crippen LogP contribution in [0.15, 0.2) is 94.2 Å². The van der Waals surface area contributed by atoms with Gasteiger partial charge < -0.3 is 0 Å². The number of alkyl halides is 6. The van der Waals surface area contributed by atoms with Crippen molar-refractivity contribution in [2.75, 3.05) is 0 Å². The quantitative estimate of drug-likeness (QED) is 0.209. The molecule has 32 heavy (non-hydrogen) atoms. The van der Waals surface area contributed by atoms with Gasteiger partial charge in [-0.1, -0.05) is 41.6 Å². The van der Waals surface area contributed by atoms with Crippen LogP contribution in [0.4, 0.5) is 32.0 Å². The highest BCUT2D eigenvalue weighted by Gasteiger charge is 2.30. The Bertz CT molecular complexity index is 1090. The molecule has 0 unspecified atom stereocenters. The van der Waals surface area contributed by atoms with Crippen LogP contribution in [0.2, 0.25) is 0 Å². The molecule has 0 aliphatic carbocycles. The molecule has 0 bridgehead atoms. The van der Waals surface area contributed by atoms with Crippen LogP contribution in [0.5, 0.6) is 0 Å². The van der Waals surface area contributed by atoms with E-state index in [1.54, 1.807) is 11.5 Å². The van der Waals surface area contributed by atoms with Crippen LogP contribution in [0.3, 0.4) is 0 Å². The molecule has 3 aromatic carbocycles. The summed E-state index contributed by atoms with van der Waals surface area (Å²) < 4.78 is 77.0. The maximum atomic E-state index is 12.9. The Morgan fingerprint density at radius 3 is 1.72 bits per heavy atom. The van der Waals surface area contributed by atoms with Crippen molar-refractivity contribution in [1.82, 2.24) is 0 Å². The van der Waals surface area contributed by atoms with Crippen LogP contribution in [0, 0.1) is 6.92 Å². The van der Waals surface area contributed by atoms with Gasteiger partial charge in [0.05, 0.1) is 22.5 Å². The van der Waals surface area contributed by atoms with Gasteiger partial charge in [0.25, 0.3) is 0 Å². The number of allylic oxidation sites excluding steroid dienone is 1. The Balaban J connectivity index is 1.92. The first kappa shape index (κ1) is 23.7. The number of hydrogen-bond donors (Lipinski definition) is 0. The SMILES string of the molecule is Cc1ccc(S/C=C/C(=Nc2ccc(C(F)(F)F)cc2)c2ccc(C(F)(F)F)cc2)cc1. The van der Waals surface area contributed by atoms with Crippen LogP contribution in [-0.2, 0) is 12.4 Å². The number of benzene rings is 3. The molecule has 0 aromatic heterocycles. The summed E-state index contributed by atoms with van der Waals surface area (Å²) in [4.78, 5) is 5.31. The first-order valence-electron chi connectivity index (χ1n) is 9.36. The lowest BCUT2D eigenvalue weighted by Gasteiger charge is -2.09. The second-order valence-corrected chi connectivity index (χ2v) is 7.83. The maximum Gasteiger partial charge on any atom is 0.416 e. The van der Waals surface area contributed by atoms with E-state index in [0.717, 1.165) is 34.7 Å². The summed E-state index contributed by atoms with van der Waals surface area (Å²) in [6.45, 7) is 1.96. The van der Waals surface area contributed by atoms with Crippen LogP contribution in [0.25, 0.3) is 0 Å². The van der Waals surface area contributed by atoms with E-state index in [-0.39, 0.29) is 5.69 Å². The zero-order valence-electron chi connectivity index (χ0n) is 16.7. The van der Waals surface area contributed by atoms with Gasteiger partial charge >= 0.3 is 12.4 Å². The van der Waals surface area contributed by atoms with E-state index in [4.69, 9.17) is 0 Å². The Morgan fingerprint density at radius 1 is 0.719 bits per heavy atom. The Kier molecular flexibility index (Phi) is 7.13. The molecule has 0 aliphatic rings. The first-order chi connectivity index (χ1) is 15.0. The van der Waals surface area contributed by atoms with Crippen molar-refractivity contribution in [2.24, 2.45) is 4.99 Å². The fourth-order valence-corrected chi connectivity index (χ4v) is 3.33. The lowest BCUT2D eigenvalue weighted by atomic mass is 10.1. The molecular formula is C24H17F6NS. The average Bonchev–Trinajstić information content (AvgIpc) is 2.74. The standard InChI is InChI=1S/C24H17F6NS/c1-16-2-12-21(13-3-16)32-15-14-22(17-4-6-18(7-5-17)23(25,26)27)31-20-10-8-19(9-11-20)24(28,29)30/h2-15H,1H3/b15-14+,31-22?. The van der Waals surface area contributed by atoms with Gasteiger partial charge in [0, 0.05) is 10.5 Å². The lowest BCUT2D eigenvalue weighted by molar-refractivity contribution is -0.138. The van der Waals surface area contributed by atoms with Gasteiger partial charge in [-0.15, -0.1) is 0 Å². The molecule has 0 heterocycles. The molecule has 0 radical (unpaired) electrons. The number of aliphatic imine (C=N–C) groups is 1. The van der Waals surface area contributed by atoms with Crippen molar-refractivity contribution in [2.45, 2.75) is 24.2 Å². The van der Waals surface area contributed by atoms with E-state index in [1.807, 2.05) is 31.2 Å². The topological polar surface area (TPSA) is 12.4 Å². The number of nitrogens with zero attached hydrogens (tertiary/aromatic N) is 1. The molecule has 0 aliphatic heterocycles. The summed E-state index contributed by atoms with van der Waals surface area (Å²) >= 11 is 1.39. The second-order valence-electron chi connectivity index (χ2n) is 6.85. The molecule has 0 atom stereocenters. The van der Waals surface area contributed by atoms with Gasteiger partial charge in [-0.05, 0) is 66.9 Å². The molecule has 3 rings (SSSR count). The van der Waals surface area contributed by atoms with Crippen molar-refractivity contribution in [1.29, 1.82) is 0 Å². The molecule has 3 aromatic rings. The number of thioether (sulfide) groups is 1. The molecule has 0 fully saturated rings. The van der Waals surface area contributed by atoms with Crippen LogP contribution >= 0.6 is 11.8 Å². The van der Waals surface area contributed by atoms with Crippen molar-refractivity contribution >= 4 is 23.2 Å². The monoisotopic (exact) mass is 465 g/mol. The van der Waals surface area contributed by atoms with Crippen LogP contribution < -0.4 is 0 Å². The molecule has 0 saturated heterocycles. The molecule has 8 heteroatoms. The summed E-state index contributed by atoms with van der Waals surface area (Å²) in [5, 5.41) is 1.73.